The number of sulfone groups is 1. The van der Waals surface area contributed by atoms with E-state index in [4.69, 9.17) is 9.47 Å². The van der Waals surface area contributed by atoms with Crippen LogP contribution in [0.1, 0.15) is 36.2 Å². The molecule has 9 heteroatoms. The molecule has 0 spiro atoms. The number of benzene rings is 2. The maximum atomic E-state index is 12.7. The first-order valence-corrected chi connectivity index (χ1v) is 11.6. The summed E-state index contributed by atoms with van der Waals surface area (Å²) in [7, 11) is -2.06. The van der Waals surface area contributed by atoms with E-state index in [9.17, 15) is 18.0 Å². The lowest BCUT2D eigenvalue weighted by atomic mass is 10.1. The number of ether oxygens (including phenoxy) is 2. The predicted octanol–water partition coefficient (Wildman–Crippen LogP) is 2.32. The summed E-state index contributed by atoms with van der Waals surface area (Å²) in [6.07, 6.45) is 0.465. The molecule has 0 saturated carbocycles. The fourth-order valence-corrected chi connectivity index (χ4v) is 4.45. The van der Waals surface area contributed by atoms with Gasteiger partial charge < -0.3 is 20.1 Å². The van der Waals surface area contributed by atoms with Gasteiger partial charge in [0.2, 0.25) is 0 Å². The number of amides is 2. The SMILES string of the molecule is CCCS(=O)(=O)c1ccccc1C(=O)NCc1ccc(OCC(=O)NCC)c(OC)c1. The third kappa shape index (κ3) is 6.71. The summed E-state index contributed by atoms with van der Waals surface area (Å²) in [6, 6.07) is 11.2. The third-order valence-electron chi connectivity index (χ3n) is 4.35. The molecular weight excluding hydrogens is 420 g/mol. The van der Waals surface area contributed by atoms with E-state index in [0.717, 1.165) is 5.56 Å². The monoisotopic (exact) mass is 448 g/mol. The Morgan fingerprint density at radius 3 is 2.42 bits per heavy atom. The number of carbonyl (C=O) groups excluding carboxylic acids is 2. The lowest BCUT2D eigenvalue weighted by molar-refractivity contribution is -0.123. The van der Waals surface area contributed by atoms with Crippen molar-refractivity contribution in [3.63, 3.8) is 0 Å². The normalized spacial score (nSPS) is 10.9. The van der Waals surface area contributed by atoms with E-state index in [1.54, 1.807) is 37.3 Å². The number of likely N-dealkylation sites (N-methyl/N-ethyl adjacent to an activating group) is 1. The Labute approximate surface area is 182 Å². The zero-order valence-corrected chi connectivity index (χ0v) is 18.8. The second-order valence-corrected chi connectivity index (χ2v) is 8.80. The van der Waals surface area contributed by atoms with Gasteiger partial charge >= 0.3 is 0 Å². The van der Waals surface area contributed by atoms with Crippen molar-refractivity contribution in [1.82, 2.24) is 10.6 Å². The maximum absolute atomic E-state index is 12.7. The minimum Gasteiger partial charge on any atom is -0.493 e. The molecule has 2 aromatic carbocycles. The Balaban J connectivity index is 2.10. The van der Waals surface area contributed by atoms with Crippen LogP contribution in [-0.4, -0.2) is 46.2 Å². The molecule has 8 nitrogen and oxygen atoms in total. The molecule has 0 bridgehead atoms. The third-order valence-corrected chi connectivity index (χ3v) is 6.33. The minimum atomic E-state index is -3.53. The van der Waals surface area contributed by atoms with Crippen LogP contribution in [0.2, 0.25) is 0 Å². The summed E-state index contributed by atoms with van der Waals surface area (Å²) in [4.78, 5) is 24.3. The van der Waals surface area contributed by atoms with Crippen LogP contribution >= 0.6 is 0 Å². The number of methoxy groups -OCH3 is 1. The number of hydrogen-bond acceptors (Lipinski definition) is 6. The summed E-state index contributed by atoms with van der Waals surface area (Å²) in [5.74, 6) is 0.0804. The largest absolute Gasteiger partial charge is 0.493 e. The lowest BCUT2D eigenvalue weighted by Gasteiger charge is -2.13. The van der Waals surface area contributed by atoms with Gasteiger partial charge in [0.15, 0.2) is 27.9 Å². The molecule has 2 amide bonds. The van der Waals surface area contributed by atoms with Gasteiger partial charge in [-0.15, -0.1) is 0 Å². The van der Waals surface area contributed by atoms with E-state index in [2.05, 4.69) is 10.6 Å². The van der Waals surface area contributed by atoms with Gasteiger partial charge in [0.05, 0.1) is 23.3 Å². The maximum Gasteiger partial charge on any atom is 0.257 e. The molecule has 0 saturated heterocycles. The number of hydrogen-bond donors (Lipinski definition) is 2. The molecule has 0 fully saturated rings. The smallest absolute Gasteiger partial charge is 0.257 e. The van der Waals surface area contributed by atoms with Crippen molar-refractivity contribution >= 4 is 21.7 Å². The molecule has 2 aromatic rings. The van der Waals surface area contributed by atoms with Crippen LogP contribution < -0.4 is 20.1 Å². The highest BCUT2D eigenvalue weighted by molar-refractivity contribution is 7.91. The molecule has 0 aliphatic carbocycles. The molecule has 31 heavy (non-hydrogen) atoms. The topological polar surface area (TPSA) is 111 Å². The number of nitrogens with one attached hydrogen (secondary N) is 2. The second kappa shape index (κ2) is 11.4. The van der Waals surface area contributed by atoms with Crippen LogP contribution in [0.5, 0.6) is 11.5 Å². The molecule has 0 radical (unpaired) electrons. The van der Waals surface area contributed by atoms with Crippen LogP contribution in [0, 0.1) is 0 Å². The Morgan fingerprint density at radius 1 is 1.00 bits per heavy atom. The first-order valence-electron chi connectivity index (χ1n) is 9.98. The second-order valence-electron chi connectivity index (χ2n) is 6.73. The van der Waals surface area contributed by atoms with E-state index in [1.165, 1.54) is 19.2 Å². The van der Waals surface area contributed by atoms with Crippen molar-refractivity contribution in [1.29, 1.82) is 0 Å². The van der Waals surface area contributed by atoms with Crippen LogP contribution in [0.4, 0.5) is 0 Å². The zero-order valence-electron chi connectivity index (χ0n) is 17.9. The van der Waals surface area contributed by atoms with Gasteiger partial charge in [0.1, 0.15) is 0 Å². The number of carbonyl (C=O) groups is 2. The number of rotatable bonds is 11. The average molecular weight is 449 g/mol. The molecule has 2 N–H and O–H groups in total. The zero-order chi connectivity index (χ0) is 22.9. The van der Waals surface area contributed by atoms with Gasteiger partial charge in [-0.25, -0.2) is 8.42 Å². The highest BCUT2D eigenvalue weighted by atomic mass is 32.2. The van der Waals surface area contributed by atoms with Gasteiger partial charge in [-0.3, -0.25) is 9.59 Å². The highest BCUT2D eigenvalue weighted by Gasteiger charge is 2.21. The van der Waals surface area contributed by atoms with Crippen molar-refractivity contribution in [2.24, 2.45) is 0 Å². The molecular formula is C22H28N2O6S. The van der Waals surface area contributed by atoms with E-state index in [-0.39, 0.29) is 35.3 Å². The average Bonchev–Trinajstić information content (AvgIpc) is 2.76. The lowest BCUT2D eigenvalue weighted by Crippen LogP contribution is -2.28. The molecule has 168 valence electrons. The fraction of sp³-hybridized carbons (Fsp3) is 0.364. The summed E-state index contributed by atoms with van der Waals surface area (Å²) in [6.45, 7) is 4.13. The van der Waals surface area contributed by atoms with Crippen LogP contribution in [-0.2, 0) is 21.2 Å². The molecule has 0 aromatic heterocycles. The van der Waals surface area contributed by atoms with Crippen LogP contribution in [0.3, 0.4) is 0 Å². The molecule has 0 aliphatic rings. The Bertz CT molecular complexity index is 1020. The van der Waals surface area contributed by atoms with E-state index >= 15 is 0 Å². The Kier molecular flexibility index (Phi) is 8.87. The van der Waals surface area contributed by atoms with Gasteiger partial charge in [0.25, 0.3) is 11.8 Å². The highest BCUT2D eigenvalue weighted by Crippen LogP contribution is 2.28. The minimum absolute atomic E-state index is 0.0216. The van der Waals surface area contributed by atoms with Crippen molar-refractivity contribution < 1.29 is 27.5 Å². The Hall–Kier alpha value is -3.07. The van der Waals surface area contributed by atoms with Crippen molar-refractivity contribution in [3.8, 4) is 11.5 Å². The molecule has 0 atom stereocenters. The van der Waals surface area contributed by atoms with E-state index in [1.807, 2.05) is 6.92 Å². The van der Waals surface area contributed by atoms with Crippen molar-refractivity contribution in [3.05, 3.63) is 53.6 Å². The van der Waals surface area contributed by atoms with E-state index in [0.29, 0.717) is 24.5 Å². The van der Waals surface area contributed by atoms with Crippen LogP contribution in [0.25, 0.3) is 0 Å². The van der Waals surface area contributed by atoms with Crippen molar-refractivity contribution in [2.75, 3.05) is 26.0 Å². The predicted molar refractivity (Wildman–Crippen MR) is 117 cm³/mol. The first kappa shape index (κ1) is 24.2. The Morgan fingerprint density at radius 2 is 1.74 bits per heavy atom. The van der Waals surface area contributed by atoms with Crippen LogP contribution in [0.15, 0.2) is 47.4 Å². The summed E-state index contributed by atoms with van der Waals surface area (Å²) < 4.78 is 35.7. The molecule has 2 rings (SSSR count). The first-order chi connectivity index (χ1) is 14.8. The summed E-state index contributed by atoms with van der Waals surface area (Å²) in [5, 5.41) is 5.38. The van der Waals surface area contributed by atoms with Crippen molar-refractivity contribution in [2.45, 2.75) is 31.7 Å². The molecule has 0 heterocycles. The van der Waals surface area contributed by atoms with Gasteiger partial charge in [-0.1, -0.05) is 25.1 Å². The summed E-state index contributed by atoms with van der Waals surface area (Å²) >= 11 is 0. The van der Waals surface area contributed by atoms with E-state index < -0.39 is 15.7 Å². The quantitative estimate of drug-likeness (QED) is 0.546. The van der Waals surface area contributed by atoms with Gasteiger partial charge in [-0.2, -0.15) is 0 Å². The summed E-state index contributed by atoms with van der Waals surface area (Å²) in [5.41, 5.74) is 0.842. The standard InChI is InChI=1S/C22H28N2O6S/c1-4-12-31(27,28)20-9-7-6-8-17(20)22(26)24-14-16-10-11-18(19(13-16)29-3)30-15-21(25)23-5-2/h6-11,13H,4-5,12,14-15H2,1-3H3,(H,23,25)(H,24,26). The molecule has 0 aliphatic heterocycles. The van der Waals surface area contributed by atoms with Gasteiger partial charge in [0, 0.05) is 13.1 Å². The fourth-order valence-electron chi connectivity index (χ4n) is 2.91. The molecule has 0 unspecified atom stereocenters. The van der Waals surface area contributed by atoms with Gasteiger partial charge in [-0.05, 0) is 43.2 Å².